The normalized spacial score (nSPS) is 21.8. The molecule has 1 aromatic rings. The molecule has 0 amide bonds. The van der Waals surface area contributed by atoms with Crippen LogP contribution in [0.3, 0.4) is 0 Å². The fraction of sp³-hybridized carbons (Fsp3) is 0.692. The molecule has 0 spiro atoms. The Labute approximate surface area is 97.6 Å². The van der Waals surface area contributed by atoms with Crippen LogP contribution in [0.2, 0.25) is 0 Å². The Morgan fingerprint density at radius 1 is 1.56 bits per heavy atom. The van der Waals surface area contributed by atoms with E-state index in [2.05, 4.69) is 17.9 Å². The van der Waals surface area contributed by atoms with Gasteiger partial charge in [0.1, 0.15) is 11.5 Å². The van der Waals surface area contributed by atoms with Gasteiger partial charge < -0.3 is 10.2 Å². The number of nitrogens with zero attached hydrogens (tertiary/aromatic N) is 1. The molecule has 3 nitrogen and oxygen atoms in total. The lowest BCUT2D eigenvalue weighted by atomic mass is 10.1. The van der Waals surface area contributed by atoms with Crippen molar-refractivity contribution in [2.45, 2.75) is 52.2 Å². The van der Waals surface area contributed by atoms with E-state index in [0.717, 1.165) is 24.1 Å². The summed E-state index contributed by atoms with van der Waals surface area (Å²) in [6, 6.07) is 2.87. The first-order chi connectivity index (χ1) is 7.74. The maximum Gasteiger partial charge on any atom is 0.118 e. The van der Waals surface area contributed by atoms with Crippen LogP contribution in [0.1, 0.15) is 43.3 Å². The molecule has 1 fully saturated rings. The Morgan fingerprint density at radius 3 is 3.00 bits per heavy atom. The molecule has 1 atom stereocenters. The van der Waals surface area contributed by atoms with Crippen molar-refractivity contribution in [3.8, 4) is 0 Å². The molecule has 3 heteroatoms. The molecule has 1 unspecified atom stereocenters. The van der Waals surface area contributed by atoms with E-state index in [-0.39, 0.29) is 0 Å². The lowest BCUT2D eigenvalue weighted by Gasteiger charge is -2.22. The van der Waals surface area contributed by atoms with Gasteiger partial charge in [0.05, 0.1) is 6.54 Å². The average Bonchev–Trinajstić information content (AvgIpc) is 2.86. The highest BCUT2D eigenvalue weighted by atomic mass is 16.3. The van der Waals surface area contributed by atoms with Crippen LogP contribution in [-0.2, 0) is 13.1 Å². The highest BCUT2D eigenvalue weighted by Gasteiger charge is 2.23. The van der Waals surface area contributed by atoms with Gasteiger partial charge in [-0.05, 0) is 38.8 Å². The monoisotopic (exact) mass is 222 g/mol. The minimum atomic E-state index is 0.498. The molecule has 1 saturated heterocycles. The minimum Gasteiger partial charge on any atom is -0.465 e. The summed E-state index contributed by atoms with van der Waals surface area (Å²) in [7, 11) is 0. The van der Waals surface area contributed by atoms with Crippen LogP contribution in [0, 0.1) is 6.92 Å². The quantitative estimate of drug-likeness (QED) is 0.850. The number of hydrogen-bond donors (Lipinski definition) is 1. The van der Waals surface area contributed by atoms with E-state index in [1.165, 1.54) is 31.4 Å². The number of nitrogens with two attached hydrogens (primary N) is 1. The molecule has 1 aromatic heterocycles. The van der Waals surface area contributed by atoms with Gasteiger partial charge in [-0.25, -0.2) is 0 Å². The van der Waals surface area contributed by atoms with Gasteiger partial charge in [-0.1, -0.05) is 6.92 Å². The SMILES string of the molecule is CCC1CCCN1Cc1cc(CN)oc1C. The van der Waals surface area contributed by atoms with Gasteiger partial charge in [-0.2, -0.15) is 0 Å². The van der Waals surface area contributed by atoms with Crippen molar-refractivity contribution < 1.29 is 4.42 Å². The number of rotatable bonds is 4. The van der Waals surface area contributed by atoms with Crippen molar-refractivity contribution in [3.63, 3.8) is 0 Å². The second-order valence-electron chi connectivity index (χ2n) is 4.67. The Kier molecular flexibility index (Phi) is 3.66. The average molecular weight is 222 g/mol. The van der Waals surface area contributed by atoms with Crippen LogP contribution >= 0.6 is 0 Å². The van der Waals surface area contributed by atoms with Crippen molar-refractivity contribution in [2.24, 2.45) is 5.73 Å². The van der Waals surface area contributed by atoms with Gasteiger partial charge in [0.15, 0.2) is 0 Å². The third-order valence-corrected chi connectivity index (χ3v) is 3.62. The smallest absolute Gasteiger partial charge is 0.118 e. The van der Waals surface area contributed by atoms with Crippen molar-refractivity contribution >= 4 is 0 Å². The molecule has 1 aliphatic heterocycles. The van der Waals surface area contributed by atoms with Crippen molar-refractivity contribution in [1.29, 1.82) is 0 Å². The van der Waals surface area contributed by atoms with Gasteiger partial charge in [0, 0.05) is 18.2 Å². The molecule has 0 saturated carbocycles. The Morgan fingerprint density at radius 2 is 2.38 bits per heavy atom. The summed E-state index contributed by atoms with van der Waals surface area (Å²) < 4.78 is 5.59. The summed E-state index contributed by atoms with van der Waals surface area (Å²) >= 11 is 0. The molecule has 0 radical (unpaired) electrons. The first-order valence-electron chi connectivity index (χ1n) is 6.27. The van der Waals surface area contributed by atoms with Crippen LogP contribution in [0.5, 0.6) is 0 Å². The molecule has 16 heavy (non-hydrogen) atoms. The Hall–Kier alpha value is -0.800. The Balaban J connectivity index is 2.05. The fourth-order valence-corrected chi connectivity index (χ4v) is 2.63. The molecule has 1 aliphatic rings. The van der Waals surface area contributed by atoms with Gasteiger partial charge in [0.25, 0.3) is 0 Å². The van der Waals surface area contributed by atoms with E-state index < -0.39 is 0 Å². The van der Waals surface area contributed by atoms with E-state index in [0.29, 0.717) is 6.54 Å². The molecule has 2 N–H and O–H groups in total. The molecular formula is C13H22N2O. The molecular weight excluding hydrogens is 200 g/mol. The van der Waals surface area contributed by atoms with Crippen molar-refractivity contribution in [3.05, 3.63) is 23.2 Å². The van der Waals surface area contributed by atoms with Crippen LogP contribution < -0.4 is 5.73 Å². The van der Waals surface area contributed by atoms with E-state index >= 15 is 0 Å². The van der Waals surface area contributed by atoms with Crippen molar-refractivity contribution in [1.82, 2.24) is 4.90 Å². The third-order valence-electron chi connectivity index (χ3n) is 3.62. The van der Waals surface area contributed by atoms with E-state index in [1.807, 2.05) is 6.92 Å². The van der Waals surface area contributed by atoms with Crippen LogP contribution in [-0.4, -0.2) is 17.5 Å². The van der Waals surface area contributed by atoms with Gasteiger partial charge in [-0.3, -0.25) is 4.90 Å². The van der Waals surface area contributed by atoms with Gasteiger partial charge in [0.2, 0.25) is 0 Å². The zero-order chi connectivity index (χ0) is 11.5. The highest BCUT2D eigenvalue weighted by molar-refractivity contribution is 5.21. The number of furan rings is 1. The summed E-state index contributed by atoms with van der Waals surface area (Å²) in [5, 5.41) is 0. The summed E-state index contributed by atoms with van der Waals surface area (Å²) in [5.74, 6) is 1.93. The predicted molar refractivity (Wildman–Crippen MR) is 65.1 cm³/mol. The van der Waals surface area contributed by atoms with E-state index in [4.69, 9.17) is 10.2 Å². The number of aryl methyl sites for hydroxylation is 1. The first-order valence-corrected chi connectivity index (χ1v) is 6.27. The molecule has 2 heterocycles. The van der Waals surface area contributed by atoms with Crippen molar-refractivity contribution in [2.75, 3.05) is 6.54 Å². The van der Waals surface area contributed by atoms with Crippen LogP contribution in [0.4, 0.5) is 0 Å². The summed E-state index contributed by atoms with van der Waals surface area (Å²) in [4.78, 5) is 2.57. The second-order valence-corrected chi connectivity index (χ2v) is 4.67. The largest absolute Gasteiger partial charge is 0.465 e. The lowest BCUT2D eigenvalue weighted by molar-refractivity contribution is 0.238. The second kappa shape index (κ2) is 5.02. The number of likely N-dealkylation sites (tertiary alicyclic amines) is 1. The van der Waals surface area contributed by atoms with E-state index in [9.17, 15) is 0 Å². The van der Waals surface area contributed by atoms with Gasteiger partial charge in [-0.15, -0.1) is 0 Å². The topological polar surface area (TPSA) is 42.4 Å². The molecule has 2 rings (SSSR count). The fourth-order valence-electron chi connectivity index (χ4n) is 2.63. The molecule has 0 aliphatic carbocycles. The zero-order valence-electron chi connectivity index (χ0n) is 10.3. The standard InChI is InChI=1S/C13H22N2O/c1-3-12-5-4-6-15(12)9-11-7-13(8-14)16-10(11)2/h7,12H,3-6,8-9,14H2,1-2H3. The van der Waals surface area contributed by atoms with Crippen LogP contribution in [0.25, 0.3) is 0 Å². The van der Waals surface area contributed by atoms with Gasteiger partial charge >= 0.3 is 0 Å². The lowest BCUT2D eigenvalue weighted by Crippen LogP contribution is -2.28. The maximum atomic E-state index is 5.59. The maximum absolute atomic E-state index is 5.59. The summed E-state index contributed by atoms with van der Waals surface area (Å²) in [6.07, 6.45) is 3.93. The predicted octanol–water partition coefficient (Wildman–Crippen LogP) is 2.42. The molecule has 90 valence electrons. The summed E-state index contributed by atoms with van der Waals surface area (Å²) in [5.41, 5.74) is 6.89. The first kappa shape index (κ1) is 11.7. The number of hydrogen-bond acceptors (Lipinski definition) is 3. The zero-order valence-corrected chi connectivity index (χ0v) is 10.3. The Bertz CT molecular complexity index is 346. The molecule has 0 bridgehead atoms. The summed E-state index contributed by atoms with van der Waals surface area (Å²) in [6.45, 7) is 7.05. The molecule has 0 aromatic carbocycles. The van der Waals surface area contributed by atoms with E-state index in [1.54, 1.807) is 0 Å². The highest BCUT2D eigenvalue weighted by Crippen LogP contribution is 2.24. The minimum absolute atomic E-state index is 0.498. The van der Waals surface area contributed by atoms with Crippen LogP contribution in [0.15, 0.2) is 10.5 Å². The third kappa shape index (κ3) is 2.30.